The minimum absolute atomic E-state index is 0.130. The number of nitrogens with one attached hydrogen (secondary N) is 1. The van der Waals surface area contributed by atoms with Gasteiger partial charge in [0.1, 0.15) is 5.75 Å². The monoisotopic (exact) mass is 419 g/mol. The Bertz CT molecular complexity index is 990. The molecule has 2 heterocycles. The zero-order valence-electron chi connectivity index (χ0n) is 15.2. The maximum Gasteiger partial charge on any atom is 0.487 e. The lowest BCUT2D eigenvalue weighted by molar-refractivity contribution is -0.114. The van der Waals surface area contributed by atoms with Gasteiger partial charge in [0, 0.05) is 24.3 Å². The quantitative estimate of drug-likeness (QED) is 0.766. The van der Waals surface area contributed by atoms with Crippen LogP contribution in [0.5, 0.6) is 5.75 Å². The molecule has 0 radical (unpaired) electrons. The number of amides is 3. The number of hydrogen-bond acceptors (Lipinski definition) is 3. The summed E-state index contributed by atoms with van der Waals surface area (Å²) in [6.07, 6.45) is 0. The van der Waals surface area contributed by atoms with Crippen molar-refractivity contribution in [2.24, 2.45) is 0 Å². The van der Waals surface area contributed by atoms with Crippen molar-refractivity contribution in [1.29, 1.82) is 0 Å². The molecule has 6 nitrogen and oxygen atoms in total. The molecule has 0 spiro atoms. The Kier molecular flexibility index (Phi) is 4.66. The average Bonchev–Trinajstić information content (AvgIpc) is 3.02. The van der Waals surface area contributed by atoms with E-state index in [0.717, 1.165) is 5.56 Å². The number of anilines is 1. The lowest BCUT2D eigenvalue weighted by Crippen LogP contribution is -2.45. The molecular formula is C20H16ClF2N3O3. The summed E-state index contributed by atoms with van der Waals surface area (Å²) in [6, 6.07) is 13.9. The first-order chi connectivity index (χ1) is 13.7. The van der Waals surface area contributed by atoms with Crippen LogP contribution in [-0.4, -0.2) is 36.0 Å². The fraction of sp³-hybridized carbons (Fsp3) is 0.200. The van der Waals surface area contributed by atoms with Crippen LogP contribution in [0.25, 0.3) is 0 Å². The molecule has 0 saturated heterocycles. The molecule has 29 heavy (non-hydrogen) atoms. The Balaban J connectivity index is 1.64. The predicted molar refractivity (Wildman–Crippen MR) is 103 cm³/mol. The fourth-order valence-corrected chi connectivity index (χ4v) is 3.59. The normalized spacial score (nSPS) is 19.4. The van der Waals surface area contributed by atoms with Crippen molar-refractivity contribution in [3.63, 3.8) is 0 Å². The number of carbonyl (C=O) groups is 2. The summed E-state index contributed by atoms with van der Waals surface area (Å²) in [6.45, 7) is 0.188. The van der Waals surface area contributed by atoms with Crippen LogP contribution in [0.4, 0.5) is 19.3 Å². The van der Waals surface area contributed by atoms with E-state index in [1.807, 2.05) is 30.3 Å². The Morgan fingerprint density at radius 2 is 1.76 bits per heavy atom. The van der Waals surface area contributed by atoms with Crippen LogP contribution in [0, 0.1) is 0 Å². The van der Waals surface area contributed by atoms with Crippen LogP contribution in [0.3, 0.4) is 0 Å². The summed E-state index contributed by atoms with van der Waals surface area (Å²) in [5.74, 6) is -0.397. The van der Waals surface area contributed by atoms with Crippen LogP contribution < -0.4 is 15.0 Å². The molecule has 0 bridgehead atoms. The van der Waals surface area contributed by atoms with Gasteiger partial charge in [-0.3, -0.25) is 9.69 Å². The zero-order chi connectivity index (χ0) is 20.8. The van der Waals surface area contributed by atoms with Crippen molar-refractivity contribution in [1.82, 2.24) is 10.2 Å². The van der Waals surface area contributed by atoms with Gasteiger partial charge in [0.2, 0.25) is 0 Å². The minimum atomic E-state index is -3.82. The summed E-state index contributed by atoms with van der Waals surface area (Å²) in [5.41, 5.74) is -1.46. The van der Waals surface area contributed by atoms with Gasteiger partial charge in [0.25, 0.3) is 5.91 Å². The van der Waals surface area contributed by atoms with Gasteiger partial charge < -0.3 is 15.0 Å². The van der Waals surface area contributed by atoms with Crippen LogP contribution in [-0.2, 0) is 4.79 Å². The third kappa shape index (κ3) is 3.63. The van der Waals surface area contributed by atoms with Crippen LogP contribution in [0.2, 0.25) is 0 Å². The number of alkyl halides is 3. The molecule has 1 atom stereocenters. The van der Waals surface area contributed by atoms with Gasteiger partial charge in [-0.1, -0.05) is 30.3 Å². The molecule has 9 heteroatoms. The molecule has 0 aliphatic carbocycles. The lowest BCUT2D eigenvalue weighted by atomic mass is 9.96. The summed E-state index contributed by atoms with van der Waals surface area (Å²) in [5, 5.41) is 2.85. The Morgan fingerprint density at radius 3 is 2.38 bits per heavy atom. The first kappa shape index (κ1) is 19.2. The number of rotatable bonds is 4. The third-order valence-electron chi connectivity index (χ3n) is 4.88. The molecule has 2 aliphatic rings. The second-order valence-corrected chi connectivity index (χ2v) is 7.09. The maximum absolute atomic E-state index is 13.2. The smallest absolute Gasteiger partial charge is 0.420 e. The SMILES string of the molecule is CN1C(=O)NC(c2ccccc2)C2=C1CN(c1ccc(OC(F)(F)Cl)cc1)C2=O. The molecule has 0 aromatic heterocycles. The van der Waals surface area contributed by atoms with Gasteiger partial charge >= 0.3 is 11.6 Å². The number of carbonyl (C=O) groups excluding carboxylic acids is 2. The molecule has 0 saturated carbocycles. The van der Waals surface area contributed by atoms with Gasteiger partial charge in [0.15, 0.2) is 0 Å². The van der Waals surface area contributed by atoms with E-state index >= 15 is 0 Å². The van der Waals surface area contributed by atoms with Gasteiger partial charge in [0.05, 0.1) is 23.9 Å². The van der Waals surface area contributed by atoms with Gasteiger partial charge in [-0.2, -0.15) is 0 Å². The van der Waals surface area contributed by atoms with Gasteiger partial charge in [-0.25, -0.2) is 4.79 Å². The number of hydrogen-bond donors (Lipinski definition) is 1. The lowest BCUT2D eigenvalue weighted by Gasteiger charge is -2.31. The standard InChI is InChI=1S/C20H16ClF2N3O3/c1-25-15-11-26(13-7-9-14(10-8-13)29-20(21,22)23)18(27)16(15)17(24-19(25)28)12-5-3-2-4-6-12/h2-10,17H,11H2,1H3,(H,24,28). The van der Waals surface area contributed by atoms with Crippen molar-refractivity contribution < 1.29 is 23.1 Å². The average molecular weight is 420 g/mol. The van der Waals surface area contributed by atoms with E-state index in [1.165, 1.54) is 34.1 Å². The number of halogens is 3. The number of benzene rings is 2. The van der Waals surface area contributed by atoms with E-state index < -0.39 is 11.6 Å². The van der Waals surface area contributed by atoms with Crippen molar-refractivity contribution in [3.05, 3.63) is 71.4 Å². The first-order valence-corrected chi connectivity index (χ1v) is 9.12. The highest BCUT2D eigenvalue weighted by Gasteiger charge is 2.43. The van der Waals surface area contributed by atoms with E-state index in [9.17, 15) is 18.4 Å². The number of likely N-dealkylation sites (N-methyl/N-ethyl adjacent to an activating group) is 1. The van der Waals surface area contributed by atoms with Crippen LogP contribution >= 0.6 is 11.6 Å². The number of nitrogens with zero attached hydrogens (tertiary/aromatic N) is 2. The number of urea groups is 1. The molecule has 2 aliphatic heterocycles. The number of ether oxygens (including phenoxy) is 1. The molecule has 4 rings (SSSR count). The molecular weight excluding hydrogens is 404 g/mol. The highest BCUT2D eigenvalue weighted by atomic mass is 35.5. The molecule has 3 amide bonds. The van der Waals surface area contributed by atoms with Crippen molar-refractivity contribution in [2.45, 2.75) is 11.6 Å². The topological polar surface area (TPSA) is 61.9 Å². The molecule has 0 fully saturated rings. The second kappa shape index (κ2) is 7.04. The van der Waals surface area contributed by atoms with E-state index in [2.05, 4.69) is 10.1 Å². The minimum Gasteiger partial charge on any atom is -0.420 e. The van der Waals surface area contributed by atoms with Crippen molar-refractivity contribution in [2.75, 3.05) is 18.5 Å². The summed E-state index contributed by atoms with van der Waals surface area (Å²) in [7, 11) is 1.60. The molecule has 2 aromatic rings. The highest BCUT2D eigenvalue weighted by molar-refractivity contribution is 6.20. The summed E-state index contributed by atoms with van der Waals surface area (Å²) >= 11 is 4.77. The summed E-state index contributed by atoms with van der Waals surface area (Å²) < 4.78 is 29.9. The molecule has 1 N–H and O–H groups in total. The van der Waals surface area contributed by atoms with E-state index in [1.54, 1.807) is 7.05 Å². The zero-order valence-corrected chi connectivity index (χ0v) is 16.0. The summed E-state index contributed by atoms with van der Waals surface area (Å²) in [4.78, 5) is 28.5. The van der Waals surface area contributed by atoms with Gasteiger partial charge in [-0.15, -0.1) is 8.78 Å². The molecule has 2 aromatic carbocycles. The van der Waals surface area contributed by atoms with Crippen molar-refractivity contribution >= 4 is 29.2 Å². The Labute approximate surface area is 170 Å². The van der Waals surface area contributed by atoms with Crippen LogP contribution in [0.15, 0.2) is 65.9 Å². The maximum atomic E-state index is 13.2. The fourth-order valence-electron chi connectivity index (χ4n) is 3.50. The Morgan fingerprint density at radius 1 is 1.10 bits per heavy atom. The first-order valence-electron chi connectivity index (χ1n) is 8.74. The molecule has 1 unspecified atom stereocenters. The second-order valence-electron chi connectivity index (χ2n) is 6.65. The van der Waals surface area contributed by atoms with Crippen LogP contribution in [0.1, 0.15) is 11.6 Å². The molecule has 150 valence electrons. The van der Waals surface area contributed by atoms with E-state index in [-0.39, 0.29) is 24.2 Å². The van der Waals surface area contributed by atoms with Crippen molar-refractivity contribution in [3.8, 4) is 5.75 Å². The van der Waals surface area contributed by atoms with Gasteiger partial charge in [-0.05, 0) is 29.8 Å². The predicted octanol–water partition coefficient (Wildman–Crippen LogP) is 3.85. The Hall–Kier alpha value is -3.13. The third-order valence-corrected chi connectivity index (χ3v) is 4.95. The van der Waals surface area contributed by atoms with E-state index in [4.69, 9.17) is 11.6 Å². The highest BCUT2D eigenvalue weighted by Crippen LogP contribution is 2.38. The van der Waals surface area contributed by atoms with E-state index in [0.29, 0.717) is 17.0 Å². The largest absolute Gasteiger partial charge is 0.487 e.